The highest BCUT2D eigenvalue weighted by Gasteiger charge is 2.51. The number of hydrogen-bond acceptors (Lipinski definition) is 2. The maximum atomic E-state index is 14.7. The summed E-state index contributed by atoms with van der Waals surface area (Å²) in [6.07, 6.45) is 0.156. The molecular formula is C21H15ClF2O2S. The van der Waals surface area contributed by atoms with Gasteiger partial charge in [0.05, 0.1) is 4.90 Å². The molecule has 27 heavy (non-hydrogen) atoms. The van der Waals surface area contributed by atoms with Gasteiger partial charge in [0.2, 0.25) is 0 Å². The highest BCUT2D eigenvalue weighted by atomic mass is 35.5. The van der Waals surface area contributed by atoms with Crippen molar-refractivity contribution in [2.24, 2.45) is 0 Å². The Morgan fingerprint density at radius 1 is 0.852 bits per heavy atom. The van der Waals surface area contributed by atoms with Crippen LogP contribution >= 0.6 is 11.6 Å². The maximum absolute atomic E-state index is 14.7. The van der Waals surface area contributed by atoms with Crippen LogP contribution in [-0.2, 0) is 27.4 Å². The summed E-state index contributed by atoms with van der Waals surface area (Å²) in [6, 6.07) is 16.0. The summed E-state index contributed by atoms with van der Waals surface area (Å²) in [5.41, 5.74) is 1.49. The third-order valence-corrected chi connectivity index (χ3v) is 7.81. The van der Waals surface area contributed by atoms with Crippen LogP contribution in [0.3, 0.4) is 0 Å². The third kappa shape index (κ3) is 2.86. The van der Waals surface area contributed by atoms with E-state index in [0.29, 0.717) is 5.02 Å². The molecule has 0 unspecified atom stereocenters. The van der Waals surface area contributed by atoms with Gasteiger partial charge in [-0.1, -0.05) is 35.9 Å². The lowest BCUT2D eigenvalue weighted by molar-refractivity contribution is 0.499. The Labute approximate surface area is 161 Å². The van der Waals surface area contributed by atoms with Gasteiger partial charge in [-0.05, 0) is 66.4 Å². The first-order valence-electron chi connectivity index (χ1n) is 8.36. The van der Waals surface area contributed by atoms with Crippen molar-refractivity contribution in [2.75, 3.05) is 0 Å². The van der Waals surface area contributed by atoms with E-state index in [2.05, 4.69) is 0 Å². The normalized spacial score (nSPS) is 15.5. The number of fused-ring (bicyclic) bond motifs is 1. The summed E-state index contributed by atoms with van der Waals surface area (Å²) in [5, 5.41) is 0.398. The third-order valence-electron chi connectivity index (χ3n) is 5.13. The van der Waals surface area contributed by atoms with Gasteiger partial charge in [-0.2, -0.15) is 0 Å². The summed E-state index contributed by atoms with van der Waals surface area (Å²) in [6.45, 7) is 0. The second-order valence-corrected chi connectivity index (χ2v) is 9.39. The monoisotopic (exact) mass is 404 g/mol. The molecule has 4 rings (SSSR count). The first kappa shape index (κ1) is 18.1. The Morgan fingerprint density at radius 2 is 1.44 bits per heavy atom. The van der Waals surface area contributed by atoms with Crippen LogP contribution in [0.25, 0.3) is 0 Å². The van der Waals surface area contributed by atoms with Crippen LogP contribution in [0.2, 0.25) is 5.02 Å². The van der Waals surface area contributed by atoms with Crippen LogP contribution in [-0.4, -0.2) is 8.42 Å². The molecule has 0 N–H and O–H groups in total. The second kappa shape index (κ2) is 6.43. The van der Waals surface area contributed by atoms with Gasteiger partial charge in [0.25, 0.3) is 0 Å². The number of benzene rings is 3. The molecule has 3 aromatic rings. The molecule has 3 aromatic carbocycles. The van der Waals surface area contributed by atoms with Crippen LogP contribution in [0.5, 0.6) is 0 Å². The van der Waals surface area contributed by atoms with E-state index in [0.717, 1.165) is 29.3 Å². The molecule has 1 aliphatic carbocycles. The van der Waals surface area contributed by atoms with Crippen molar-refractivity contribution >= 4 is 21.4 Å². The van der Waals surface area contributed by atoms with E-state index in [1.54, 1.807) is 0 Å². The highest BCUT2D eigenvalue weighted by Crippen LogP contribution is 2.47. The molecule has 0 saturated heterocycles. The summed E-state index contributed by atoms with van der Waals surface area (Å²) < 4.78 is 54.4. The van der Waals surface area contributed by atoms with Crippen LogP contribution in [0.15, 0.2) is 71.6 Å². The fourth-order valence-corrected chi connectivity index (χ4v) is 6.00. The average Bonchev–Trinajstić information content (AvgIpc) is 3.05. The molecule has 0 aliphatic heterocycles. The number of rotatable bonds is 3. The predicted octanol–water partition coefficient (Wildman–Crippen LogP) is 5.09. The van der Waals surface area contributed by atoms with Crippen molar-refractivity contribution in [3.8, 4) is 0 Å². The van der Waals surface area contributed by atoms with Crippen LogP contribution in [0.1, 0.15) is 16.7 Å². The first-order valence-corrected chi connectivity index (χ1v) is 10.2. The van der Waals surface area contributed by atoms with Crippen molar-refractivity contribution in [1.29, 1.82) is 0 Å². The SMILES string of the molecule is O=S(=O)(c1ccc(Cl)cc1)C1(c2cc(F)ccc2F)Cc2ccccc2C1. The van der Waals surface area contributed by atoms with E-state index in [4.69, 9.17) is 11.6 Å². The van der Waals surface area contributed by atoms with Crippen LogP contribution < -0.4 is 0 Å². The standard InChI is InChI=1S/C21H15ClF2O2S/c22-16-5-8-18(9-6-16)27(25,26)21(19-11-17(23)7-10-20(19)24)12-14-3-1-2-4-15(14)13-21/h1-11H,12-13H2. The predicted molar refractivity (Wildman–Crippen MR) is 101 cm³/mol. The van der Waals surface area contributed by atoms with Gasteiger partial charge in [-0.25, -0.2) is 17.2 Å². The molecular weight excluding hydrogens is 390 g/mol. The van der Waals surface area contributed by atoms with Crippen LogP contribution in [0, 0.1) is 11.6 Å². The molecule has 1 aliphatic rings. The summed E-state index contributed by atoms with van der Waals surface area (Å²) in [7, 11) is -4.04. The Morgan fingerprint density at radius 3 is 2.04 bits per heavy atom. The summed E-state index contributed by atoms with van der Waals surface area (Å²) in [5.74, 6) is -1.41. The van der Waals surface area contributed by atoms with Gasteiger partial charge < -0.3 is 0 Å². The molecule has 0 spiro atoms. The van der Waals surface area contributed by atoms with E-state index in [9.17, 15) is 17.2 Å². The molecule has 0 saturated carbocycles. The Bertz CT molecular complexity index is 1100. The van der Waals surface area contributed by atoms with Gasteiger partial charge in [-0.3, -0.25) is 0 Å². The molecule has 0 heterocycles. The topological polar surface area (TPSA) is 34.1 Å². The van der Waals surface area contributed by atoms with Crippen molar-refractivity contribution in [3.05, 3.63) is 100 Å². The molecule has 2 nitrogen and oxygen atoms in total. The zero-order valence-corrected chi connectivity index (χ0v) is 15.7. The van der Waals surface area contributed by atoms with Crippen molar-refractivity contribution in [2.45, 2.75) is 22.5 Å². The molecule has 0 bridgehead atoms. The van der Waals surface area contributed by atoms with E-state index in [1.165, 1.54) is 24.3 Å². The molecule has 138 valence electrons. The molecule has 0 radical (unpaired) electrons. The molecule has 6 heteroatoms. The largest absolute Gasteiger partial charge is 0.223 e. The van der Waals surface area contributed by atoms with Gasteiger partial charge in [0.15, 0.2) is 9.84 Å². The number of hydrogen-bond donors (Lipinski definition) is 0. The van der Waals surface area contributed by atoms with Crippen molar-refractivity contribution in [1.82, 2.24) is 0 Å². The van der Waals surface area contributed by atoms with Crippen LogP contribution in [0.4, 0.5) is 8.78 Å². The van der Waals surface area contributed by atoms with Gasteiger partial charge in [0, 0.05) is 10.6 Å². The zero-order valence-electron chi connectivity index (χ0n) is 14.1. The minimum atomic E-state index is -4.04. The zero-order chi connectivity index (χ0) is 19.2. The van der Waals surface area contributed by atoms with E-state index in [1.807, 2.05) is 24.3 Å². The molecule has 0 amide bonds. The van der Waals surface area contributed by atoms with E-state index >= 15 is 0 Å². The Hall–Kier alpha value is -2.24. The van der Waals surface area contributed by atoms with Crippen molar-refractivity contribution < 1.29 is 17.2 Å². The minimum Gasteiger partial charge on any atom is -0.223 e. The lowest BCUT2D eigenvalue weighted by atomic mass is 9.94. The fraction of sp³-hybridized carbons (Fsp3) is 0.143. The number of halogens is 3. The van der Waals surface area contributed by atoms with Gasteiger partial charge >= 0.3 is 0 Å². The summed E-state index contributed by atoms with van der Waals surface area (Å²) >= 11 is 5.89. The van der Waals surface area contributed by atoms with E-state index in [-0.39, 0.29) is 23.3 Å². The highest BCUT2D eigenvalue weighted by molar-refractivity contribution is 7.92. The number of sulfone groups is 1. The fourth-order valence-electron chi connectivity index (χ4n) is 3.79. The maximum Gasteiger partial charge on any atom is 0.188 e. The quantitative estimate of drug-likeness (QED) is 0.609. The Kier molecular flexibility index (Phi) is 4.32. The van der Waals surface area contributed by atoms with Crippen molar-refractivity contribution in [3.63, 3.8) is 0 Å². The average molecular weight is 405 g/mol. The minimum absolute atomic E-state index is 0.0309. The lowest BCUT2D eigenvalue weighted by Gasteiger charge is -2.30. The smallest absolute Gasteiger partial charge is 0.188 e. The van der Waals surface area contributed by atoms with Gasteiger partial charge in [-0.15, -0.1) is 0 Å². The molecule has 0 fully saturated rings. The Balaban J connectivity index is 1.98. The molecule has 0 aromatic heterocycles. The second-order valence-electron chi connectivity index (χ2n) is 6.70. The van der Waals surface area contributed by atoms with Gasteiger partial charge in [0.1, 0.15) is 16.4 Å². The lowest BCUT2D eigenvalue weighted by Crippen LogP contribution is -2.38. The first-order chi connectivity index (χ1) is 12.8. The summed E-state index contributed by atoms with van der Waals surface area (Å²) in [4.78, 5) is 0.0309. The van der Waals surface area contributed by atoms with E-state index < -0.39 is 26.2 Å². The molecule has 0 atom stereocenters.